The molecule has 3 rings (SSSR count). The maximum absolute atomic E-state index is 6.30. The largest absolute Gasteiger partial charge is 0.375 e. The van der Waals surface area contributed by atoms with Crippen LogP contribution in [0.1, 0.15) is 58.3 Å². The first kappa shape index (κ1) is 13.8. The summed E-state index contributed by atoms with van der Waals surface area (Å²) in [6, 6.07) is 0.651. The van der Waals surface area contributed by atoms with Crippen molar-refractivity contribution < 1.29 is 4.74 Å². The van der Waals surface area contributed by atoms with Gasteiger partial charge in [-0.25, -0.2) is 0 Å². The lowest BCUT2D eigenvalue weighted by atomic mass is 9.79. The molecule has 0 bridgehead atoms. The van der Waals surface area contributed by atoms with E-state index in [9.17, 15) is 0 Å². The molecule has 3 aliphatic rings. The van der Waals surface area contributed by atoms with Gasteiger partial charge in [-0.3, -0.25) is 4.90 Å². The lowest BCUT2D eigenvalue weighted by Gasteiger charge is -2.54. The first-order valence-electron chi connectivity index (χ1n) is 8.40. The zero-order chi connectivity index (χ0) is 13.3. The molecule has 3 fully saturated rings. The summed E-state index contributed by atoms with van der Waals surface area (Å²) >= 11 is 0. The summed E-state index contributed by atoms with van der Waals surface area (Å²) in [5, 5.41) is 0. The monoisotopic (exact) mass is 266 g/mol. The van der Waals surface area contributed by atoms with Crippen molar-refractivity contribution in [3.8, 4) is 0 Å². The zero-order valence-corrected chi connectivity index (χ0v) is 12.4. The molecular formula is C16H30N2O. The number of morpholine rings is 1. The molecule has 0 spiro atoms. The van der Waals surface area contributed by atoms with E-state index in [2.05, 4.69) is 11.8 Å². The van der Waals surface area contributed by atoms with E-state index < -0.39 is 0 Å². The standard InChI is InChI=1S/C16H30N2O/c1-2-13-6-5-9-16(13,12-17)18-10-11-19-15-8-4-3-7-14(15)18/h13-15H,2-12,17H2,1H3. The fourth-order valence-electron chi connectivity index (χ4n) is 5.12. The Balaban J connectivity index is 1.85. The minimum atomic E-state index is 0.290. The van der Waals surface area contributed by atoms with Crippen LogP contribution in [0.3, 0.4) is 0 Å². The number of nitrogens with zero attached hydrogens (tertiary/aromatic N) is 1. The topological polar surface area (TPSA) is 38.5 Å². The number of ether oxygens (including phenoxy) is 1. The Hall–Kier alpha value is -0.120. The van der Waals surface area contributed by atoms with Crippen LogP contribution in [0, 0.1) is 5.92 Å². The first-order valence-corrected chi connectivity index (χ1v) is 8.40. The molecule has 0 aromatic rings. The molecule has 0 amide bonds. The molecule has 2 saturated carbocycles. The number of hydrogen-bond acceptors (Lipinski definition) is 3. The number of hydrogen-bond donors (Lipinski definition) is 1. The lowest BCUT2D eigenvalue weighted by Crippen LogP contribution is -2.66. The normalized spacial score (nSPS) is 44.2. The minimum Gasteiger partial charge on any atom is -0.375 e. The molecule has 0 aromatic carbocycles. The molecule has 3 heteroatoms. The van der Waals surface area contributed by atoms with Gasteiger partial charge >= 0.3 is 0 Å². The van der Waals surface area contributed by atoms with Crippen LogP contribution in [-0.2, 0) is 4.74 Å². The zero-order valence-electron chi connectivity index (χ0n) is 12.4. The second kappa shape index (κ2) is 5.71. The maximum atomic E-state index is 6.30. The van der Waals surface area contributed by atoms with Gasteiger partial charge in [0.1, 0.15) is 0 Å². The van der Waals surface area contributed by atoms with E-state index in [0.29, 0.717) is 17.7 Å². The highest BCUT2D eigenvalue weighted by atomic mass is 16.5. The number of nitrogens with two attached hydrogens (primary N) is 1. The van der Waals surface area contributed by atoms with Gasteiger partial charge in [0.05, 0.1) is 12.7 Å². The Kier molecular flexibility index (Phi) is 4.16. The summed E-state index contributed by atoms with van der Waals surface area (Å²) in [5.41, 5.74) is 6.60. The Morgan fingerprint density at radius 1 is 1.21 bits per heavy atom. The molecule has 0 radical (unpaired) electrons. The van der Waals surface area contributed by atoms with Crippen LogP contribution in [0.15, 0.2) is 0 Å². The van der Waals surface area contributed by atoms with Gasteiger partial charge in [0, 0.05) is 24.7 Å². The second-order valence-electron chi connectivity index (χ2n) is 6.76. The molecule has 0 aromatic heterocycles. The van der Waals surface area contributed by atoms with Crippen molar-refractivity contribution in [2.75, 3.05) is 19.7 Å². The average Bonchev–Trinajstić information content (AvgIpc) is 2.90. The summed E-state index contributed by atoms with van der Waals surface area (Å²) in [4.78, 5) is 2.81. The fourth-order valence-corrected chi connectivity index (χ4v) is 5.12. The highest BCUT2D eigenvalue weighted by molar-refractivity contribution is 5.05. The van der Waals surface area contributed by atoms with E-state index in [1.54, 1.807) is 0 Å². The Morgan fingerprint density at radius 3 is 2.84 bits per heavy atom. The quantitative estimate of drug-likeness (QED) is 0.853. The van der Waals surface area contributed by atoms with Crippen LogP contribution in [-0.4, -0.2) is 42.3 Å². The molecule has 3 nitrogen and oxygen atoms in total. The van der Waals surface area contributed by atoms with Crippen molar-refractivity contribution in [2.45, 2.75) is 76.0 Å². The molecule has 19 heavy (non-hydrogen) atoms. The van der Waals surface area contributed by atoms with Crippen LogP contribution in [0.5, 0.6) is 0 Å². The second-order valence-corrected chi connectivity index (χ2v) is 6.76. The molecule has 4 unspecified atom stereocenters. The molecule has 2 N–H and O–H groups in total. The molecular weight excluding hydrogens is 236 g/mol. The molecule has 1 saturated heterocycles. The van der Waals surface area contributed by atoms with Gasteiger partial charge in [0.15, 0.2) is 0 Å². The number of fused-ring (bicyclic) bond motifs is 1. The van der Waals surface area contributed by atoms with Crippen molar-refractivity contribution in [1.82, 2.24) is 4.90 Å². The minimum absolute atomic E-state index is 0.290. The van der Waals surface area contributed by atoms with Crippen molar-refractivity contribution in [3.63, 3.8) is 0 Å². The van der Waals surface area contributed by atoms with Crippen LogP contribution < -0.4 is 5.73 Å². The van der Waals surface area contributed by atoms with Crippen molar-refractivity contribution in [1.29, 1.82) is 0 Å². The van der Waals surface area contributed by atoms with Crippen molar-refractivity contribution in [3.05, 3.63) is 0 Å². The van der Waals surface area contributed by atoms with Crippen LogP contribution >= 0.6 is 0 Å². The van der Waals surface area contributed by atoms with E-state index in [1.165, 1.54) is 51.4 Å². The first-order chi connectivity index (χ1) is 9.31. The van der Waals surface area contributed by atoms with Crippen LogP contribution in [0.25, 0.3) is 0 Å². The maximum Gasteiger partial charge on any atom is 0.0731 e. The van der Waals surface area contributed by atoms with Gasteiger partial charge in [-0.1, -0.05) is 32.6 Å². The lowest BCUT2D eigenvalue weighted by molar-refractivity contribution is -0.133. The van der Waals surface area contributed by atoms with Crippen molar-refractivity contribution in [2.24, 2.45) is 11.7 Å². The van der Waals surface area contributed by atoms with E-state index >= 15 is 0 Å². The molecule has 4 atom stereocenters. The molecule has 110 valence electrons. The average molecular weight is 266 g/mol. The van der Waals surface area contributed by atoms with E-state index in [0.717, 1.165) is 25.6 Å². The molecule has 1 heterocycles. The van der Waals surface area contributed by atoms with Crippen LogP contribution in [0.4, 0.5) is 0 Å². The predicted octanol–water partition coefficient (Wildman–Crippen LogP) is 2.54. The van der Waals surface area contributed by atoms with Gasteiger partial charge < -0.3 is 10.5 Å². The number of rotatable bonds is 3. The summed E-state index contributed by atoms with van der Waals surface area (Å²) in [5.74, 6) is 0.804. The summed E-state index contributed by atoms with van der Waals surface area (Å²) in [6.45, 7) is 5.21. The Bertz CT molecular complexity index is 307. The SMILES string of the molecule is CCC1CCCC1(CN)N1CCOC2CCCCC21. The smallest absolute Gasteiger partial charge is 0.0731 e. The third-order valence-corrected chi connectivity index (χ3v) is 6.07. The Labute approximate surface area is 117 Å². The highest BCUT2D eigenvalue weighted by Crippen LogP contribution is 2.45. The van der Waals surface area contributed by atoms with Crippen LogP contribution in [0.2, 0.25) is 0 Å². The van der Waals surface area contributed by atoms with Gasteiger partial charge in [-0.2, -0.15) is 0 Å². The summed E-state index contributed by atoms with van der Waals surface area (Å²) < 4.78 is 6.05. The third kappa shape index (κ3) is 2.24. The highest BCUT2D eigenvalue weighted by Gasteiger charge is 2.50. The molecule has 1 aliphatic heterocycles. The van der Waals surface area contributed by atoms with Gasteiger partial charge in [0.2, 0.25) is 0 Å². The van der Waals surface area contributed by atoms with E-state index in [1.807, 2.05) is 0 Å². The van der Waals surface area contributed by atoms with E-state index in [-0.39, 0.29) is 0 Å². The predicted molar refractivity (Wildman–Crippen MR) is 78.1 cm³/mol. The Morgan fingerprint density at radius 2 is 2.05 bits per heavy atom. The van der Waals surface area contributed by atoms with E-state index in [4.69, 9.17) is 10.5 Å². The molecule has 2 aliphatic carbocycles. The van der Waals surface area contributed by atoms with Gasteiger partial charge in [-0.15, -0.1) is 0 Å². The summed E-state index contributed by atoms with van der Waals surface area (Å²) in [6.07, 6.45) is 11.1. The van der Waals surface area contributed by atoms with Gasteiger partial charge in [0.25, 0.3) is 0 Å². The fraction of sp³-hybridized carbons (Fsp3) is 1.00. The summed E-state index contributed by atoms with van der Waals surface area (Å²) in [7, 11) is 0. The van der Waals surface area contributed by atoms with Gasteiger partial charge in [-0.05, 0) is 31.6 Å². The third-order valence-electron chi connectivity index (χ3n) is 6.07. The van der Waals surface area contributed by atoms with Crippen molar-refractivity contribution >= 4 is 0 Å².